The Kier molecular flexibility index (Phi) is 56.1. The summed E-state index contributed by atoms with van der Waals surface area (Å²) in [6.45, 7) is 1.08. The van der Waals surface area contributed by atoms with Gasteiger partial charge in [-0.15, -0.1) is 0 Å². The predicted molar refractivity (Wildman–Crippen MR) is 16.9 cm³/mol. The summed E-state index contributed by atoms with van der Waals surface area (Å²) < 4.78 is 0. The van der Waals surface area contributed by atoms with Gasteiger partial charge in [0.1, 0.15) is 0 Å². The van der Waals surface area contributed by atoms with Crippen molar-refractivity contribution in [1.82, 2.24) is 0 Å². The minimum Gasteiger partial charge on any atom is -0.481 e. The second-order valence-electron chi connectivity index (χ2n) is 0.519. The van der Waals surface area contributed by atoms with Crippen LogP contribution in [-0.2, 0) is 48.2 Å². The van der Waals surface area contributed by atoms with E-state index in [4.69, 9.17) is 9.90 Å². The van der Waals surface area contributed by atoms with E-state index >= 15 is 0 Å². The summed E-state index contributed by atoms with van der Waals surface area (Å²) in [6, 6.07) is 0. The molecule has 0 bridgehead atoms. The maximum absolute atomic E-state index is 9.00. The van der Waals surface area contributed by atoms with Gasteiger partial charge in [-0.05, 0) is 0 Å². The Morgan fingerprint density at radius 1 is 1.43 bits per heavy atom. The summed E-state index contributed by atoms with van der Waals surface area (Å²) in [6.07, 6.45) is 0. The molecule has 0 radical (unpaired) electrons. The van der Waals surface area contributed by atoms with Gasteiger partial charge < -0.3 is 10.6 Å². The zero-order valence-electron chi connectivity index (χ0n) is 3.86. The van der Waals surface area contributed by atoms with Crippen molar-refractivity contribution in [2.45, 2.75) is 6.92 Å². The molecule has 0 saturated heterocycles. The smallest absolute Gasteiger partial charge is 0.300 e. The van der Waals surface area contributed by atoms with Crippen LogP contribution in [0.1, 0.15) is 6.92 Å². The molecule has 0 amide bonds. The Morgan fingerprint density at radius 2 is 1.43 bits per heavy atom. The van der Waals surface area contributed by atoms with Crippen molar-refractivity contribution >= 4 is 5.97 Å². The van der Waals surface area contributed by atoms with E-state index in [1.807, 2.05) is 0 Å². The van der Waals surface area contributed by atoms with E-state index in [1.54, 1.807) is 0 Å². The monoisotopic (exact) mass is 174 g/mol. The van der Waals surface area contributed by atoms with Crippen molar-refractivity contribution in [1.29, 1.82) is 0 Å². The van der Waals surface area contributed by atoms with Crippen molar-refractivity contribution in [3.8, 4) is 0 Å². The molecule has 0 atom stereocenters. The SMILES string of the molecule is CC(=O)O.O.[Ti].[Ti]. The molecule has 0 fully saturated rings. The van der Waals surface area contributed by atoms with Crippen LogP contribution in [0.2, 0.25) is 0 Å². The third kappa shape index (κ3) is 220. The fourth-order valence-corrected chi connectivity index (χ4v) is 0. The third-order valence-corrected chi connectivity index (χ3v) is 0. The first-order chi connectivity index (χ1) is 1.73. The molecule has 40 valence electrons. The van der Waals surface area contributed by atoms with Gasteiger partial charge in [0, 0.05) is 50.4 Å². The van der Waals surface area contributed by atoms with E-state index in [-0.39, 0.29) is 48.9 Å². The van der Waals surface area contributed by atoms with E-state index in [0.29, 0.717) is 0 Å². The molecule has 0 aromatic heterocycles. The second kappa shape index (κ2) is 15.8. The van der Waals surface area contributed by atoms with E-state index in [9.17, 15) is 0 Å². The van der Waals surface area contributed by atoms with Gasteiger partial charge in [0.15, 0.2) is 0 Å². The van der Waals surface area contributed by atoms with Crippen molar-refractivity contribution < 1.29 is 58.8 Å². The molecule has 0 aromatic carbocycles. The number of aliphatic carboxylic acids is 1. The summed E-state index contributed by atoms with van der Waals surface area (Å²) in [5.74, 6) is -0.833. The second-order valence-corrected chi connectivity index (χ2v) is 0.519. The number of hydrogen-bond acceptors (Lipinski definition) is 1. The fraction of sp³-hybridized carbons (Fsp3) is 0.500. The molecule has 0 rings (SSSR count). The van der Waals surface area contributed by atoms with Gasteiger partial charge >= 0.3 is 0 Å². The molecule has 5 heteroatoms. The first-order valence-electron chi connectivity index (χ1n) is 0.928. The normalized spacial score (nSPS) is 3.57. The summed E-state index contributed by atoms with van der Waals surface area (Å²) in [5.41, 5.74) is 0. The van der Waals surface area contributed by atoms with Crippen LogP contribution in [0, 0.1) is 0 Å². The zero-order valence-corrected chi connectivity index (χ0v) is 6.98. The molecule has 3 nitrogen and oxygen atoms in total. The van der Waals surface area contributed by atoms with Crippen molar-refractivity contribution in [3.05, 3.63) is 0 Å². The van der Waals surface area contributed by atoms with Crippen molar-refractivity contribution in [2.75, 3.05) is 0 Å². The largest absolute Gasteiger partial charge is 0.481 e. The number of carbonyl (C=O) groups is 1. The molecule has 0 aliphatic heterocycles. The predicted octanol–water partition coefficient (Wildman–Crippen LogP) is -0.739. The Bertz CT molecular complexity index is 33.9. The van der Waals surface area contributed by atoms with E-state index < -0.39 is 5.97 Å². The van der Waals surface area contributed by atoms with E-state index in [0.717, 1.165) is 6.92 Å². The van der Waals surface area contributed by atoms with Crippen LogP contribution in [0.4, 0.5) is 0 Å². The van der Waals surface area contributed by atoms with Gasteiger partial charge in [0.05, 0.1) is 0 Å². The van der Waals surface area contributed by atoms with Gasteiger partial charge in [-0.25, -0.2) is 0 Å². The summed E-state index contributed by atoms with van der Waals surface area (Å²) in [7, 11) is 0. The molecule has 0 saturated carbocycles. The van der Waals surface area contributed by atoms with Crippen molar-refractivity contribution in [2.24, 2.45) is 0 Å². The molecule has 0 heterocycles. The topological polar surface area (TPSA) is 68.8 Å². The zero-order chi connectivity index (χ0) is 3.58. The van der Waals surface area contributed by atoms with Gasteiger partial charge in [-0.3, -0.25) is 4.79 Å². The molecular formula is C2H6O3Ti2. The Labute approximate surface area is 71.6 Å². The molecule has 0 aliphatic rings. The first kappa shape index (κ1) is 24.8. The average molecular weight is 174 g/mol. The summed E-state index contributed by atoms with van der Waals surface area (Å²) in [5, 5.41) is 7.42. The standard InChI is InChI=1S/C2H4O2.H2O.2Ti/c1-2(3)4;;;/h1H3,(H,3,4);1H2;;. The maximum Gasteiger partial charge on any atom is 0.300 e. The Morgan fingerprint density at radius 3 is 1.43 bits per heavy atom. The van der Waals surface area contributed by atoms with Crippen LogP contribution >= 0.6 is 0 Å². The minimum atomic E-state index is -0.833. The maximum atomic E-state index is 9.00. The van der Waals surface area contributed by atoms with Crippen LogP contribution in [-0.4, -0.2) is 16.6 Å². The summed E-state index contributed by atoms with van der Waals surface area (Å²) in [4.78, 5) is 9.00. The molecular weight excluding hydrogens is 168 g/mol. The van der Waals surface area contributed by atoms with E-state index in [1.165, 1.54) is 0 Å². The van der Waals surface area contributed by atoms with Crippen LogP contribution in [0.5, 0.6) is 0 Å². The van der Waals surface area contributed by atoms with Crippen LogP contribution in [0.15, 0.2) is 0 Å². The Balaban J connectivity index is -0.0000000150. The first-order valence-corrected chi connectivity index (χ1v) is 0.928. The molecule has 0 aliphatic carbocycles. The quantitative estimate of drug-likeness (QED) is 0.491. The molecule has 0 spiro atoms. The van der Waals surface area contributed by atoms with Gasteiger partial charge in [-0.2, -0.15) is 0 Å². The number of rotatable bonds is 0. The van der Waals surface area contributed by atoms with Gasteiger partial charge in [-0.1, -0.05) is 0 Å². The van der Waals surface area contributed by atoms with Crippen LogP contribution in [0.25, 0.3) is 0 Å². The van der Waals surface area contributed by atoms with Gasteiger partial charge in [0.25, 0.3) is 5.97 Å². The Hall–Kier alpha value is 0.859. The fourth-order valence-electron chi connectivity index (χ4n) is 0. The molecule has 7 heavy (non-hydrogen) atoms. The van der Waals surface area contributed by atoms with Crippen molar-refractivity contribution in [3.63, 3.8) is 0 Å². The molecule has 0 aromatic rings. The van der Waals surface area contributed by atoms with E-state index in [2.05, 4.69) is 0 Å². The van der Waals surface area contributed by atoms with Crippen LogP contribution < -0.4 is 0 Å². The average Bonchev–Trinajstić information content (AvgIpc) is 0.811. The number of carboxylic acids is 1. The van der Waals surface area contributed by atoms with Crippen LogP contribution in [0.3, 0.4) is 0 Å². The number of carboxylic acid groups (broad SMARTS) is 1. The molecule has 0 unspecified atom stereocenters. The number of hydrogen-bond donors (Lipinski definition) is 1. The minimum absolute atomic E-state index is 0. The summed E-state index contributed by atoms with van der Waals surface area (Å²) >= 11 is 0. The third-order valence-electron chi connectivity index (χ3n) is 0. The van der Waals surface area contributed by atoms with Gasteiger partial charge in [0.2, 0.25) is 0 Å². The molecule has 3 N–H and O–H groups in total.